The number of nitrogen functional groups attached to an aromatic ring is 1. The van der Waals surface area contributed by atoms with Gasteiger partial charge in [-0.15, -0.1) is 0 Å². The fourth-order valence-electron chi connectivity index (χ4n) is 4.63. The van der Waals surface area contributed by atoms with Crippen LogP contribution < -0.4 is 16.4 Å². The summed E-state index contributed by atoms with van der Waals surface area (Å²) in [7, 11) is 0. The molecule has 32 heavy (non-hydrogen) atoms. The summed E-state index contributed by atoms with van der Waals surface area (Å²) < 4.78 is 2.01. The van der Waals surface area contributed by atoms with E-state index in [0.29, 0.717) is 18.8 Å². The molecule has 5 rings (SSSR count). The van der Waals surface area contributed by atoms with Crippen LogP contribution >= 0.6 is 0 Å². The van der Waals surface area contributed by atoms with Crippen molar-refractivity contribution in [3.8, 4) is 0 Å². The molecule has 1 amide bonds. The van der Waals surface area contributed by atoms with Gasteiger partial charge in [-0.25, -0.2) is 0 Å². The van der Waals surface area contributed by atoms with E-state index in [9.17, 15) is 4.79 Å². The Labute approximate surface area is 187 Å². The van der Waals surface area contributed by atoms with Crippen LogP contribution in [0.2, 0.25) is 0 Å². The predicted molar refractivity (Wildman–Crippen MR) is 129 cm³/mol. The maximum Gasteiger partial charge on any atom is 0.276 e. The van der Waals surface area contributed by atoms with Crippen molar-refractivity contribution in [2.24, 2.45) is 0 Å². The second-order valence-corrected chi connectivity index (χ2v) is 8.62. The minimum Gasteiger partial charge on any atom is -0.399 e. The van der Waals surface area contributed by atoms with E-state index in [1.807, 2.05) is 54.1 Å². The molecule has 0 saturated heterocycles. The van der Waals surface area contributed by atoms with Gasteiger partial charge in [0, 0.05) is 41.6 Å². The molecule has 1 aliphatic heterocycles. The molecule has 1 atom stereocenters. The quantitative estimate of drug-likeness (QED) is 0.422. The van der Waals surface area contributed by atoms with Gasteiger partial charge in [0.2, 0.25) is 0 Å². The third-order valence-corrected chi connectivity index (χ3v) is 6.12. The summed E-state index contributed by atoms with van der Waals surface area (Å²) >= 11 is 0. The van der Waals surface area contributed by atoms with E-state index >= 15 is 0 Å². The van der Waals surface area contributed by atoms with Crippen LogP contribution in [-0.2, 0) is 13.1 Å². The van der Waals surface area contributed by atoms with Gasteiger partial charge in [-0.1, -0.05) is 43.3 Å². The Hall–Kier alpha value is -3.64. The summed E-state index contributed by atoms with van der Waals surface area (Å²) in [5.74, 6) is 0.0876. The van der Waals surface area contributed by atoms with Crippen LogP contribution in [0.15, 0.2) is 60.7 Å². The third kappa shape index (κ3) is 3.74. The number of aromatic nitrogens is 2. The number of anilines is 2. The molecule has 6 nitrogen and oxygen atoms in total. The smallest absolute Gasteiger partial charge is 0.276 e. The molecule has 0 aliphatic carbocycles. The second kappa shape index (κ2) is 8.13. The number of amides is 1. The van der Waals surface area contributed by atoms with Gasteiger partial charge in [0.15, 0.2) is 5.69 Å². The number of fused-ring (bicyclic) bond motifs is 2. The van der Waals surface area contributed by atoms with E-state index in [0.717, 1.165) is 51.1 Å². The SMILES string of the molecule is Cc1cccc(NC(=O)c2nn(Cc3cccc4cc(N)ccc34)c3c2CNCC3C)c1. The zero-order chi connectivity index (χ0) is 22.2. The van der Waals surface area contributed by atoms with E-state index in [2.05, 4.69) is 35.8 Å². The van der Waals surface area contributed by atoms with Crippen molar-refractivity contribution in [2.45, 2.75) is 32.9 Å². The number of nitrogens with one attached hydrogen (secondary N) is 2. The molecule has 0 bridgehead atoms. The van der Waals surface area contributed by atoms with E-state index in [4.69, 9.17) is 10.8 Å². The van der Waals surface area contributed by atoms with Gasteiger partial charge >= 0.3 is 0 Å². The number of aryl methyl sites for hydroxylation is 1. The lowest BCUT2D eigenvalue weighted by Gasteiger charge is -2.22. The first kappa shape index (κ1) is 20.3. The molecule has 6 heteroatoms. The lowest BCUT2D eigenvalue weighted by Crippen LogP contribution is -2.29. The van der Waals surface area contributed by atoms with Crippen molar-refractivity contribution >= 4 is 28.1 Å². The molecule has 0 spiro atoms. The van der Waals surface area contributed by atoms with Gasteiger partial charge in [0.05, 0.1) is 6.54 Å². The number of carbonyl (C=O) groups is 1. The second-order valence-electron chi connectivity index (χ2n) is 8.62. The molecule has 4 aromatic rings. The summed E-state index contributed by atoms with van der Waals surface area (Å²) in [5, 5.41) is 13.5. The van der Waals surface area contributed by atoms with E-state index < -0.39 is 0 Å². The van der Waals surface area contributed by atoms with Crippen LogP contribution in [0.4, 0.5) is 11.4 Å². The molecule has 162 valence electrons. The van der Waals surface area contributed by atoms with Gasteiger partial charge < -0.3 is 16.4 Å². The monoisotopic (exact) mass is 425 g/mol. The maximum absolute atomic E-state index is 13.2. The number of carbonyl (C=O) groups excluding carboxylic acids is 1. The Morgan fingerprint density at radius 3 is 2.88 bits per heavy atom. The highest BCUT2D eigenvalue weighted by Gasteiger charge is 2.29. The van der Waals surface area contributed by atoms with E-state index in [1.54, 1.807) is 0 Å². The van der Waals surface area contributed by atoms with Crippen LogP contribution in [0.1, 0.15) is 45.7 Å². The van der Waals surface area contributed by atoms with Crippen molar-refractivity contribution in [2.75, 3.05) is 17.6 Å². The van der Waals surface area contributed by atoms with E-state index in [-0.39, 0.29) is 11.8 Å². The first-order valence-corrected chi connectivity index (χ1v) is 10.9. The molecule has 0 fully saturated rings. The van der Waals surface area contributed by atoms with Crippen LogP contribution in [0, 0.1) is 6.92 Å². The van der Waals surface area contributed by atoms with Gasteiger partial charge in [-0.3, -0.25) is 9.48 Å². The van der Waals surface area contributed by atoms with E-state index in [1.165, 1.54) is 0 Å². The largest absolute Gasteiger partial charge is 0.399 e. The average Bonchev–Trinajstić information content (AvgIpc) is 3.13. The average molecular weight is 426 g/mol. The first-order chi connectivity index (χ1) is 15.5. The first-order valence-electron chi connectivity index (χ1n) is 10.9. The zero-order valence-electron chi connectivity index (χ0n) is 18.4. The Balaban J connectivity index is 1.54. The van der Waals surface area contributed by atoms with Crippen LogP contribution in [0.25, 0.3) is 10.8 Å². The number of nitrogens with two attached hydrogens (primary N) is 1. The minimum atomic E-state index is -0.174. The molecular weight excluding hydrogens is 398 g/mol. The van der Waals surface area contributed by atoms with Gasteiger partial charge in [0.1, 0.15) is 0 Å². The molecular formula is C26H27N5O. The zero-order valence-corrected chi connectivity index (χ0v) is 18.4. The highest BCUT2D eigenvalue weighted by molar-refractivity contribution is 6.04. The van der Waals surface area contributed by atoms with Crippen LogP contribution in [-0.4, -0.2) is 22.2 Å². The summed E-state index contributed by atoms with van der Waals surface area (Å²) in [4.78, 5) is 13.2. The van der Waals surface area contributed by atoms with Crippen molar-refractivity contribution in [3.63, 3.8) is 0 Å². The normalized spacial score (nSPS) is 15.5. The van der Waals surface area contributed by atoms with Gasteiger partial charge in [-0.05, 0) is 53.1 Å². The van der Waals surface area contributed by atoms with Gasteiger partial charge in [0.25, 0.3) is 5.91 Å². The lowest BCUT2D eigenvalue weighted by atomic mass is 9.97. The Morgan fingerprint density at radius 2 is 2.03 bits per heavy atom. The van der Waals surface area contributed by atoms with Gasteiger partial charge in [-0.2, -0.15) is 5.10 Å². The Kier molecular flexibility index (Phi) is 5.15. The Morgan fingerprint density at radius 1 is 1.19 bits per heavy atom. The molecule has 4 N–H and O–H groups in total. The molecule has 3 aromatic carbocycles. The molecule has 1 aromatic heterocycles. The fourth-order valence-corrected chi connectivity index (χ4v) is 4.63. The molecule has 1 aliphatic rings. The topological polar surface area (TPSA) is 85.0 Å². The van der Waals surface area contributed by atoms with Crippen molar-refractivity contribution in [1.29, 1.82) is 0 Å². The number of rotatable bonds is 4. The summed E-state index contributed by atoms with van der Waals surface area (Å²) in [6.07, 6.45) is 0. The standard InChI is InChI=1S/C26H27N5O/c1-16-5-3-8-21(11-16)29-26(32)24-23-14-28-13-17(2)25(23)31(30-24)15-19-7-4-6-18-12-20(27)9-10-22(18)19/h3-12,17,28H,13-15,27H2,1-2H3,(H,29,32). The maximum atomic E-state index is 13.2. The highest BCUT2D eigenvalue weighted by Crippen LogP contribution is 2.29. The molecule has 0 radical (unpaired) electrons. The third-order valence-electron chi connectivity index (χ3n) is 6.12. The minimum absolute atomic E-state index is 0.174. The molecule has 2 heterocycles. The van der Waals surface area contributed by atoms with Crippen LogP contribution in [0.3, 0.4) is 0 Å². The molecule has 1 unspecified atom stereocenters. The summed E-state index contributed by atoms with van der Waals surface area (Å²) in [6, 6.07) is 20.0. The number of hydrogen-bond donors (Lipinski definition) is 3. The molecule has 0 saturated carbocycles. The fraction of sp³-hybridized carbons (Fsp3) is 0.231. The Bertz CT molecular complexity index is 1320. The number of benzene rings is 3. The van der Waals surface area contributed by atoms with Crippen molar-refractivity contribution in [3.05, 3.63) is 88.7 Å². The van der Waals surface area contributed by atoms with Crippen LogP contribution in [0.5, 0.6) is 0 Å². The lowest BCUT2D eigenvalue weighted by molar-refractivity contribution is 0.102. The van der Waals surface area contributed by atoms with Crippen molar-refractivity contribution < 1.29 is 4.79 Å². The van der Waals surface area contributed by atoms with Crippen molar-refractivity contribution in [1.82, 2.24) is 15.1 Å². The predicted octanol–water partition coefficient (Wildman–Crippen LogP) is 4.43. The highest BCUT2D eigenvalue weighted by atomic mass is 16.2. The number of nitrogens with zero attached hydrogens (tertiary/aromatic N) is 2. The summed E-state index contributed by atoms with van der Waals surface area (Å²) in [6.45, 7) is 6.29. The summed E-state index contributed by atoms with van der Waals surface area (Å²) in [5.41, 5.74) is 12.4. The number of hydrogen-bond acceptors (Lipinski definition) is 4.